The lowest BCUT2D eigenvalue weighted by Crippen LogP contribution is -2.60. The van der Waals surface area contributed by atoms with Crippen LogP contribution in [0.1, 0.15) is 27.2 Å². The topological polar surface area (TPSA) is 62.4 Å². The van der Waals surface area contributed by atoms with Gasteiger partial charge in [-0.3, -0.25) is 4.99 Å². The summed E-state index contributed by atoms with van der Waals surface area (Å²) in [4.78, 5) is 4.47. The minimum atomic E-state index is -0.210. The summed E-state index contributed by atoms with van der Waals surface area (Å²) < 4.78 is 0. The first-order valence-electron chi connectivity index (χ1n) is 5.84. The summed E-state index contributed by atoms with van der Waals surface area (Å²) in [5, 5.41) is 6.59. The van der Waals surface area contributed by atoms with Gasteiger partial charge in [0.05, 0.1) is 11.6 Å². The molecule has 16 heavy (non-hydrogen) atoms. The van der Waals surface area contributed by atoms with Crippen molar-refractivity contribution in [3.8, 4) is 0 Å². The Morgan fingerprint density at radius 1 is 1.50 bits per heavy atom. The number of allylic oxidation sites excluding steroid dienone is 1. The molecule has 2 atom stereocenters. The summed E-state index contributed by atoms with van der Waals surface area (Å²) in [6, 6.07) is 0.137. The van der Waals surface area contributed by atoms with Gasteiger partial charge < -0.3 is 16.4 Å². The van der Waals surface area contributed by atoms with Crippen LogP contribution < -0.4 is 16.4 Å². The highest BCUT2D eigenvalue weighted by Crippen LogP contribution is 2.17. The Labute approximate surface area is 98.4 Å². The third-order valence-electron chi connectivity index (χ3n) is 3.03. The van der Waals surface area contributed by atoms with E-state index in [0.717, 1.165) is 25.2 Å². The first kappa shape index (κ1) is 13.4. The standard InChI is InChI=1S/C12H24N4/c1-9(2)7-16-10(3)11(14-4)12(13)5-6-15-8-12/h7,11,14-15H,5-6,8,13H2,1-4H3/b16-10+/t11?,12-/m1/s1. The van der Waals surface area contributed by atoms with Gasteiger partial charge in [-0.05, 0) is 40.8 Å². The Morgan fingerprint density at radius 2 is 2.19 bits per heavy atom. The molecule has 0 spiro atoms. The smallest absolute Gasteiger partial charge is 0.0645 e. The first-order valence-corrected chi connectivity index (χ1v) is 5.84. The van der Waals surface area contributed by atoms with E-state index in [1.54, 1.807) is 0 Å². The molecule has 0 radical (unpaired) electrons. The molecule has 1 aliphatic rings. The number of likely N-dealkylation sites (N-methyl/N-ethyl adjacent to an activating group) is 1. The molecule has 1 saturated heterocycles. The molecule has 0 aromatic rings. The SMILES string of the molecule is CNC(/C(C)=N/C=C(C)C)[C@@]1(N)CCNC1. The molecule has 0 aromatic carbocycles. The summed E-state index contributed by atoms with van der Waals surface area (Å²) in [6.45, 7) is 7.96. The monoisotopic (exact) mass is 224 g/mol. The van der Waals surface area contributed by atoms with Gasteiger partial charge in [0.2, 0.25) is 0 Å². The summed E-state index contributed by atoms with van der Waals surface area (Å²) >= 11 is 0. The van der Waals surface area contributed by atoms with E-state index in [-0.39, 0.29) is 11.6 Å². The zero-order valence-electron chi connectivity index (χ0n) is 10.8. The highest BCUT2D eigenvalue weighted by molar-refractivity contribution is 5.89. The minimum Gasteiger partial charge on any atom is -0.322 e. The fourth-order valence-corrected chi connectivity index (χ4v) is 2.19. The third kappa shape index (κ3) is 3.14. The molecule has 1 aliphatic heterocycles. The van der Waals surface area contributed by atoms with Crippen molar-refractivity contribution in [2.24, 2.45) is 10.7 Å². The van der Waals surface area contributed by atoms with E-state index in [4.69, 9.17) is 5.73 Å². The van der Waals surface area contributed by atoms with Crippen LogP contribution in [0.25, 0.3) is 0 Å². The van der Waals surface area contributed by atoms with Crippen LogP contribution in [0.15, 0.2) is 16.8 Å². The molecule has 0 amide bonds. The van der Waals surface area contributed by atoms with Crippen molar-refractivity contribution in [2.75, 3.05) is 20.1 Å². The molecule has 92 valence electrons. The molecular weight excluding hydrogens is 200 g/mol. The van der Waals surface area contributed by atoms with Gasteiger partial charge in [-0.2, -0.15) is 0 Å². The molecule has 1 heterocycles. The van der Waals surface area contributed by atoms with Gasteiger partial charge in [0.1, 0.15) is 0 Å². The number of aliphatic imine (C=N–C) groups is 1. The van der Waals surface area contributed by atoms with Gasteiger partial charge in [-0.15, -0.1) is 0 Å². The van der Waals surface area contributed by atoms with E-state index in [9.17, 15) is 0 Å². The van der Waals surface area contributed by atoms with Gasteiger partial charge >= 0.3 is 0 Å². The van der Waals surface area contributed by atoms with Crippen molar-refractivity contribution < 1.29 is 0 Å². The molecule has 0 saturated carbocycles. The van der Waals surface area contributed by atoms with Crippen LogP contribution in [0.3, 0.4) is 0 Å². The molecule has 0 bridgehead atoms. The summed E-state index contributed by atoms with van der Waals surface area (Å²) in [6.07, 6.45) is 2.88. The number of hydrogen-bond acceptors (Lipinski definition) is 4. The molecule has 1 unspecified atom stereocenters. The van der Waals surface area contributed by atoms with Crippen LogP contribution >= 0.6 is 0 Å². The second kappa shape index (κ2) is 5.57. The average molecular weight is 224 g/mol. The Balaban J connectivity index is 2.81. The van der Waals surface area contributed by atoms with Crippen LogP contribution in [-0.4, -0.2) is 37.4 Å². The van der Waals surface area contributed by atoms with Gasteiger partial charge in [-0.1, -0.05) is 5.57 Å². The van der Waals surface area contributed by atoms with Crippen molar-refractivity contribution in [1.82, 2.24) is 10.6 Å². The van der Waals surface area contributed by atoms with Crippen molar-refractivity contribution in [2.45, 2.75) is 38.8 Å². The predicted molar refractivity (Wildman–Crippen MR) is 69.8 cm³/mol. The number of nitrogens with one attached hydrogen (secondary N) is 2. The van der Waals surface area contributed by atoms with Crippen molar-refractivity contribution >= 4 is 5.71 Å². The lowest BCUT2D eigenvalue weighted by Gasteiger charge is -2.32. The molecule has 0 aromatic heterocycles. The zero-order valence-corrected chi connectivity index (χ0v) is 10.8. The predicted octanol–water partition coefficient (Wildman–Crippen LogP) is 0.650. The maximum Gasteiger partial charge on any atom is 0.0645 e. The van der Waals surface area contributed by atoms with Crippen molar-refractivity contribution in [3.05, 3.63) is 11.8 Å². The van der Waals surface area contributed by atoms with Crippen molar-refractivity contribution in [1.29, 1.82) is 0 Å². The summed E-state index contributed by atoms with van der Waals surface area (Å²) in [7, 11) is 1.94. The molecule has 4 N–H and O–H groups in total. The molecule has 4 heteroatoms. The lowest BCUT2D eigenvalue weighted by atomic mass is 9.87. The molecule has 4 nitrogen and oxygen atoms in total. The molecular formula is C12H24N4. The second-order valence-electron chi connectivity index (χ2n) is 4.86. The lowest BCUT2D eigenvalue weighted by molar-refractivity contribution is 0.396. The van der Waals surface area contributed by atoms with E-state index < -0.39 is 0 Å². The Kier molecular flexibility index (Phi) is 4.65. The van der Waals surface area contributed by atoms with E-state index >= 15 is 0 Å². The number of nitrogens with zero attached hydrogens (tertiary/aromatic N) is 1. The van der Waals surface area contributed by atoms with E-state index in [1.807, 2.05) is 34.0 Å². The van der Waals surface area contributed by atoms with E-state index in [2.05, 4.69) is 15.6 Å². The van der Waals surface area contributed by atoms with Crippen LogP contribution in [0.4, 0.5) is 0 Å². The summed E-state index contributed by atoms with van der Waals surface area (Å²) in [5.41, 5.74) is 8.43. The normalized spacial score (nSPS) is 27.9. The van der Waals surface area contributed by atoms with Gasteiger partial charge in [-0.25, -0.2) is 0 Å². The number of nitrogens with two attached hydrogens (primary N) is 1. The fraction of sp³-hybridized carbons (Fsp3) is 0.750. The van der Waals surface area contributed by atoms with E-state index in [1.165, 1.54) is 5.57 Å². The highest BCUT2D eigenvalue weighted by atomic mass is 15.1. The maximum absolute atomic E-state index is 6.39. The number of hydrogen-bond donors (Lipinski definition) is 3. The van der Waals surface area contributed by atoms with Crippen LogP contribution in [-0.2, 0) is 0 Å². The Morgan fingerprint density at radius 3 is 2.62 bits per heavy atom. The minimum absolute atomic E-state index is 0.137. The maximum atomic E-state index is 6.39. The van der Waals surface area contributed by atoms with E-state index in [0.29, 0.717) is 0 Å². The Bertz CT molecular complexity index is 283. The third-order valence-corrected chi connectivity index (χ3v) is 3.03. The average Bonchev–Trinajstić information content (AvgIpc) is 2.63. The number of rotatable bonds is 4. The van der Waals surface area contributed by atoms with Gasteiger partial charge in [0, 0.05) is 18.5 Å². The highest BCUT2D eigenvalue weighted by Gasteiger charge is 2.38. The second-order valence-corrected chi connectivity index (χ2v) is 4.86. The van der Waals surface area contributed by atoms with Crippen molar-refractivity contribution in [3.63, 3.8) is 0 Å². The Hall–Kier alpha value is -0.710. The van der Waals surface area contributed by atoms with Gasteiger partial charge in [0.25, 0.3) is 0 Å². The largest absolute Gasteiger partial charge is 0.322 e. The van der Waals surface area contributed by atoms with Crippen LogP contribution in [0, 0.1) is 0 Å². The first-order chi connectivity index (χ1) is 7.49. The molecule has 1 fully saturated rings. The summed E-state index contributed by atoms with van der Waals surface area (Å²) in [5.74, 6) is 0. The quantitative estimate of drug-likeness (QED) is 0.614. The van der Waals surface area contributed by atoms with Crippen LogP contribution in [0.5, 0.6) is 0 Å². The fourth-order valence-electron chi connectivity index (χ4n) is 2.19. The molecule has 1 rings (SSSR count). The molecule has 0 aliphatic carbocycles. The van der Waals surface area contributed by atoms with Gasteiger partial charge in [0.15, 0.2) is 0 Å². The van der Waals surface area contributed by atoms with Crippen LogP contribution in [0.2, 0.25) is 0 Å². The zero-order chi connectivity index (χ0) is 12.2.